The maximum atomic E-state index is 11.1. The van der Waals surface area contributed by atoms with Gasteiger partial charge in [0.1, 0.15) is 5.75 Å². The minimum Gasteiger partial charge on any atom is -0.496 e. The van der Waals surface area contributed by atoms with Gasteiger partial charge in [-0.1, -0.05) is 17.7 Å². The van der Waals surface area contributed by atoms with Crippen molar-refractivity contribution in [1.29, 1.82) is 0 Å². The van der Waals surface area contributed by atoms with Crippen LogP contribution in [0.5, 0.6) is 5.75 Å². The molecule has 0 heterocycles. The summed E-state index contributed by atoms with van der Waals surface area (Å²) in [4.78, 5) is 11.1. The van der Waals surface area contributed by atoms with Crippen molar-refractivity contribution < 1.29 is 9.53 Å². The van der Waals surface area contributed by atoms with E-state index >= 15 is 0 Å². The molecule has 0 spiro atoms. The normalized spacial score (nSPS) is 10.3. The number of halogens is 1. The summed E-state index contributed by atoms with van der Waals surface area (Å²) < 4.78 is 5.14. The zero-order valence-electron chi connectivity index (χ0n) is 11.2. The second kappa shape index (κ2) is 5.45. The molecule has 0 aliphatic heterocycles. The van der Waals surface area contributed by atoms with Gasteiger partial charge < -0.3 is 4.74 Å². The predicted octanol–water partition coefficient (Wildman–Crippen LogP) is 4.44. The van der Waals surface area contributed by atoms with E-state index in [1.807, 2.05) is 32.0 Å². The van der Waals surface area contributed by atoms with Crippen LogP contribution in [0.25, 0.3) is 11.1 Å². The van der Waals surface area contributed by atoms with E-state index in [0.717, 1.165) is 23.0 Å². The zero-order chi connectivity index (χ0) is 14.0. The van der Waals surface area contributed by atoms with Gasteiger partial charge in [0.2, 0.25) is 0 Å². The highest BCUT2D eigenvalue weighted by Gasteiger charge is 2.09. The summed E-state index contributed by atoms with van der Waals surface area (Å²) in [5.74, 6) is 0.568. The van der Waals surface area contributed by atoms with E-state index in [4.69, 9.17) is 16.3 Å². The van der Waals surface area contributed by atoms with E-state index in [0.29, 0.717) is 16.3 Å². The molecule has 0 aromatic heterocycles. The third kappa shape index (κ3) is 2.64. The first kappa shape index (κ1) is 13.6. The van der Waals surface area contributed by atoms with E-state index in [-0.39, 0.29) is 0 Å². The number of hydrogen-bond donors (Lipinski definition) is 0. The lowest BCUT2D eigenvalue weighted by Crippen LogP contribution is -1.92. The van der Waals surface area contributed by atoms with Crippen LogP contribution in [0.2, 0.25) is 5.02 Å². The van der Waals surface area contributed by atoms with Crippen LogP contribution in [0.3, 0.4) is 0 Å². The fraction of sp³-hybridized carbons (Fsp3) is 0.188. The van der Waals surface area contributed by atoms with Gasteiger partial charge in [0.05, 0.1) is 12.7 Å². The van der Waals surface area contributed by atoms with Crippen LogP contribution in [0, 0.1) is 13.8 Å². The van der Waals surface area contributed by atoms with Gasteiger partial charge >= 0.3 is 0 Å². The van der Waals surface area contributed by atoms with Gasteiger partial charge in [0, 0.05) is 10.6 Å². The minimum absolute atomic E-state index is 0.522. The van der Waals surface area contributed by atoms with Gasteiger partial charge in [-0.2, -0.15) is 0 Å². The summed E-state index contributed by atoms with van der Waals surface area (Å²) in [5.41, 5.74) is 4.68. The summed E-state index contributed by atoms with van der Waals surface area (Å²) in [6, 6.07) is 9.46. The van der Waals surface area contributed by atoms with Crippen LogP contribution in [0.4, 0.5) is 0 Å². The average Bonchev–Trinajstić information content (AvgIpc) is 2.42. The van der Waals surface area contributed by atoms with Crippen molar-refractivity contribution in [1.82, 2.24) is 0 Å². The van der Waals surface area contributed by atoms with Crippen LogP contribution in [-0.2, 0) is 0 Å². The van der Waals surface area contributed by atoms with Gasteiger partial charge in [0.25, 0.3) is 0 Å². The molecule has 0 amide bonds. The molecule has 0 radical (unpaired) electrons. The molecule has 0 unspecified atom stereocenters. The third-order valence-corrected chi connectivity index (χ3v) is 3.56. The third-order valence-electron chi connectivity index (χ3n) is 3.25. The number of aldehydes is 1. The van der Waals surface area contributed by atoms with Gasteiger partial charge in [-0.05, 0) is 54.8 Å². The molecular formula is C16H15ClO2. The SMILES string of the molecule is COc1ccc(-c2cc(C)c(C)cc2Cl)cc1C=O. The predicted molar refractivity (Wildman–Crippen MR) is 78.3 cm³/mol. The number of rotatable bonds is 3. The highest BCUT2D eigenvalue weighted by Crippen LogP contribution is 2.32. The second-order valence-electron chi connectivity index (χ2n) is 4.49. The topological polar surface area (TPSA) is 26.3 Å². The molecule has 2 nitrogen and oxygen atoms in total. The molecule has 2 aromatic carbocycles. The van der Waals surface area contributed by atoms with E-state index < -0.39 is 0 Å². The number of benzene rings is 2. The number of hydrogen-bond acceptors (Lipinski definition) is 2. The Kier molecular flexibility index (Phi) is 3.91. The van der Waals surface area contributed by atoms with Gasteiger partial charge in [-0.25, -0.2) is 0 Å². The lowest BCUT2D eigenvalue weighted by atomic mass is 9.99. The molecule has 0 aliphatic carbocycles. The first-order valence-corrected chi connectivity index (χ1v) is 6.35. The average molecular weight is 275 g/mol. The Balaban J connectivity index is 2.59. The number of carbonyl (C=O) groups is 1. The Hall–Kier alpha value is -1.80. The smallest absolute Gasteiger partial charge is 0.153 e. The van der Waals surface area contributed by atoms with Crippen molar-refractivity contribution >= 4 is 17.9 Å². The molecule has 0 aliphatic rings. The number of carbonyl (C=O) groups excluding carboxylic acids is 1. The number of ether oxygens (including phenoxy) is 1. The maximum Gasteiger partial charge on any atom is 0.153 e. The van der Waals surface area contributed by atoms with Crippen molar-refractivity contribution in [2.24, 2.45) is 0 Å². The van der Waals surface area contributed by atoms with Gasteiger partial charge in [-0.3, -0.25) is 4.79 Å². The first-order valence-electron chi connectivity index (χ1n) is 5.97. The monoisotopic (exact) mass is 274 g/mol. The molecule has 0 saturated carbocycles. The molecule has 98 valence electrons. The first-order chi connectivity index (χ1) is 9.06. The Morgan fingerprint density at radius 2 is 1.79 bits per heavy atom. The van der Waals surface area contributed by atoms with Crippen molar-refractivity contribution in [3.8, 4) is 16.9 Å². The maximum absolute atomic E-state index is 11.1. The highest BCUT2D eigenvalue weighted by molar-refractivity contribution is 6.33. The Bertz CT molecular complexity index is 633. The lowest BCUT2D eigenvalue weighted by Gasteiger charge is -2.11. The molecule has 3 heteroatoms. The van der Waals surface area contributed by atoms with Gasteiger partial charge in [-0.15, -0.1) is 0 Å². The van der Waals surface area contributed by atoms with Crippen molar-refractivity contribution in [2.75, 3.05) is 7.11 Å². The fourth-order valence-corrected chi connectivity index (χ4v) is 2.32. The molecular weight excluding hydrogens is 260 g/mol. The molecule has 0 saturated heterocycles. The van der Waals surface area contributed by atoms with E-state index in [9.17, 15) is 4.79 Å². The summed E-state index contributed by atoms with van der Waals surface area (Å²) in [7, 11) is 1.55. The molecule has 0 N–H and O–H groups in total. The fourth-order valence-electron chi connectivity index (χ4n) is 2.00. The van der Waals surface area contributed by atoms with Crippen LogP contribution in [0.1, 0.15) is 21.5 Å². The van der Waals surface area contributed by atoms with E-state index in [1.165, 1.54) is 5.56 Å². The van der Waals surface area contributed by atoms with Crippen LogP contribution in [0.15, 0.2) is 30.3 Å². The molecule has 0 fully saturated rings. The van der Waals surface area contributed by atoms with Crippen molar-refractivity contribution in [3.63, 3.8) is 0 Å². The van der Waals surface area contributed by atoms with E-state index in [2.05, 4.69) is 0 Å². The van der Waals surface area contributed by atoms with Crippen LogP contribution >= 0.6 is 11.6 Å². The second-order valence-corrected chi connectivity index (χ2v) is 4.90. The summed E-state index contributed by atoms with van der Waals surface area (Å²) >= 11 is 6.29. The van der Waals surface area contributed by atoms with E-state index in [1.54, 1.807) is 19.2 Å². The molecule has 19 heavy (non-hydrogen) atoms. The molecule has 2 aromatic rings. The lowest BCUT2D eigenvalue weighted by molar-refractivity contribution is 0.112. The number of methoxy groups -OCH3 is 1. The van der Waals surface area contributed by atoms with Crippen molar-refractivity contribution in [3.05, 3.63) is 52.0 Å². The molecule has 0 bridgehead atoms. The largest absolute Gasteiger partial charge is 0.496 e. The zero-order valence-corrected chi connectivity index (χ0v) is 11.9. The van der Waals surface area contributed by atoms with Crippen molar-refractivity contribution in [2.45, 2.75) is 13.8 Å². The summed E-state index contributed by atoms with van der Waals surface area (Å²) in [5, 5.41) is 0.685. The summed E-state index contributed by atoms with van der Waals surface area (Å²) in [6.45, 7) is 4.06. The Morgan fingerprint density at radius 3 is 2.42 bits per heavy atom. The highest BCUT2D eigenvalue weighted by atomic mass is 35.5. The molecule has 2 rings (SSSR count). The number of aryl methyl sites for hydroxylation is 2. The Labute approximate surface area is 118 Å². The Morgan fingerprint density at radius 1 is 1.11 bits per heavy atom. The summed E-state index contributed by atoms with van der Waals surface area (Å²) in [6.07, 6.45) is 0.789. The molecule has 0 atom stereocenters. The standard InChI is InChI=1S/C16H15ClO2/c1-10-6-14(15(17)7-11(10)2)12-4-5-16(19-3)13(8-12)9-18/h4-9H,1-3H3. The van der Waals surface area contributed by atoms with Gasteiger partial charge in [0.15, 0.2) is 6.29 Å². The van der Waals surface area contributed by atoms with Crippen LogP contribution in [-0.4, -0.2) is 13.4 Å². The van der Waals surface area contributed by atoms with Crippen LogP contribution < -0.4 is 4.74 Å². The quantitative estimate of drug-likeness (QED) is 0.773. The minimum atomic E-state index is 0.522.